The normalized spacial score (nSPS) is 15.7. The van der Waals surface area contributed by atoms with Gasteiger partial charge in [-0.1, -0.05) is 23.7 Å². The number of aryl methyl sites for hydroxylation is 1. The number of nitrogen functional groups attached to an aromatic ring is 1. The molecule has 190 valence electrons. The van der Waals surface area contributed by atoms with Gasteiger partial charge in [0.05, 0.1) is 13.1 Å². The second-order valence-electron chi connectivity index (χ2n) is 8.29. The Balaban J connectivity index is 1.38. The maximum absolute atomic E-state index is 13.4. The van der Waals surface area contributed by atoms with Crippen molar-refractivity contribution in [2.45, 2.75) is 18.7 Å². The fourth-order valence-electron chi connectivity index (χ4n) is 3.85. The zero-order chi connectivity index (χ0) is 26.0. The lowest BCUT2D eigenvalue weighted by Gasteiger charge is -2.34. The molecule has 0 spiro atoms. The van der Waals surface area contributed by atoms with Gasteiger partial charge in [0.2, 0.25) is 21.8 Å². The van der Waals surface area contributed by atoms with Gasteiger partial charge in [-0.3, -0.25) is 9.59 Å². The van der Waals surface area contributed by atoms with E-state index in [9.17, 15) is 18.0 Å². The highest BCUT2D eigenvalue weighted by Gasteiger charge is 2.37. The third kappa shape index (κ3) is 5.51. The summed E-state index contributed by atoms with van der Waals surface area (Å²) in [5, 5.41) is 3.13. The van der Waals surface area contributed by atoms with Crippen molar-refractivity contribution >= 4 is 60.7 Å². The van der Waals surface area contributed by atoms with Crippen LogP contribution in [0, 0.1) is 6.92 Å². The summed E-state index contributed by atoms with van der Waals surface area (Å²) in [5.74, 6) is -0.0516. The second kappa shape index (κ2) is 10.5. The molecule has 1 aliphatic heterocycles. The Kier molecular flexibility index (Phi) is 7.59. The summed E-state index contributed by atoms with van der Waals surface area (Å²) in [7, 11) is -3.91. The van der Waals surface area contributed by atoms with E-state index in [0.717, 1.165) is 14.4 Å². The Morgan fingerprint density at radius 1 is 1.36 bits per heavy atom. The molecule has 36 heavy (non-hydrogen) atoms. The number of nitrogens with one attached hydrogen (secondary N) is 1. The van der Waals surface area contributed by atoms with Gasteiger partial charge in [0.1, 0.15) is 16.9 Å². The number of benzene rings is 1. The number of piperazine rings is 1. The molecule has 1 aliphatic rings. The van der Waals surface area contributed by atoms with Gasteiger partial charge in [-0.2, -0.15) is 4.31 Å². The molecular weight excluding hydrogens is 524 g/mol. The van der Waals surface area contributed by atoms with Crippen molar-refractivity contribution in [1.82, 2.24) is 24.5 Å². The lowest BCUT2D eigenvalue weighted by Crippen LogP contribution is -2.54. The smallest absolute Gasteiger partial charge is 0.239 e. The summed E-state index contributed by atoms with van der Waals surface area (Å²) < 4.78 is 28.8. The summed E-state index contributed by atoms with van der Waals surface area (Å²) in [4.78, 5) is 35.2. The minimum atomic E-state index is -3.91. The number of thiophene rings is 1. The van der Waals surface area contributed by atoms with Gasteiger partial charge in [-0.05, 0) is 30.5 Å². The first kappa shape index (κ1) is 26.0. The number of halogens is 1. The number of rotatable bonds is 8. The molecule has 3 aromatic rings. The Labute approximate surface area is 217 Å². The molecule has 3 heterocycles. The number of hydrogen-bond acceptors (Lipinski definition) is 8. The number of fused-ring (bicyclic) bond motifs is 1. The van der Waals surface area contributed by atoms with E-state index in [2.05, 4.69) is 21.9 Å². The molecular formula is C23H25ClN6O4S2. The molecule has 0 aliphatic carbocycles. The lowest BCUT2D eigenvalue weighted by molar-refractivity contribution is -0.138. The van der Waals surface area contributed by atoms with Crippen molar-refractivity contribution in [3.8, 4) is 0 Å². The van der Waals surface area contributed by atoms with Crippen molar-refractivity contribution < 1.29 is 18.0 Å². The van der Waals surface area contributed by atoms with Gasteiger partial charge >= 0.3 is 0 Å². The van der Waals surface area contributed by atoms with E-state index in [1.165, 1.54) is 28.5 Å². The van der Waals surface area contributed by atoms with Crippen molar-refractivity contribution in [2.24, 2.45) is 0 Å². The highest BCUT2D eigenvalue weighted by Crippen LogP contribution is 2.37. The molecule has 1 saturated heterocycles. The fourth-order valence-corrected chi connectivity index (χ4v) is 7.24. The van der Waals surface area contributed by atoms with Gasteiger partial charge in [0.25, 0.3) is 0 Å². The Hall–Kier alpha value is -3.06. The largest absolute Gasteiger partial charge is 0.383 e. The van der Waals surface area contributed by atoms with Crippen molar-refractivity contribution in [3.63, 3.8) is 0 Å². The zero-order valence-corrected chi connectivity index (χ0v) is 21.9. The lowest BCUT2D eigenvalue weighted by atomic mass is 10.2. The van der Waals surface area contributed by atoms with E-state index >= 15 is 0 Å². The first-order chi connectivity index (χ1) is 17.1. The molecule has 1 atom stereocenters. The number of nitrogens with zero attached hydrogens (tertiary/aromatic N) is 4. The number of amides is 2. The van der Waals surface area contributed by atoms with E-state index in [0.29, 0.717) is 21.3 Å². The van der Waals surface area contributed by atoms with Crippen molar-refractivity contribution in [2.75, 3.05) is 31.9 Å². The van der Waals surface area contributed by atoms with E-state index in [1.807, 2.05) is 6.07 Å². The van der Waals surface area contributed by atoms with Gasteiger partial charge in [0, 0.05) is 46.0 Å². The predicted octanol–water partition coefficient (Wildman–Crippen LogP) is 2.25. The number of sulfonamides is 1. The average molecular weight is 549 g/mol. The van der Waals surface area contributed by atoms with E-state index in [-0.39, 0.29) is 38.5 Å². The maximum atomic E-state index is 13.4. The molecule has 1 fully saturated rings. The molecule has 1 aromatic carbocycles. The molecule has 1 unspecified atom stereocenters. The first-order valence-electron chi connectivity index (χ1n) is 11.0. The van der Waals surface area contributed by atoms with Crippen molar-refractivity contribution in [1.29, 1.82) is 0 Å². The van der Waals surface area contributed by atoms with Crippen LogP contribution in [0.1, 0.15) is 21.5 Å². The average Bonchev–Trinajstić information content (AvgIpc) is 3.22. The van der Waals surface area contributed by atoms with E-state index < -0.39 is 27.1 Å². The first-order valence-corrected chi connectivity index (χ1v) is 13.7. The Bertz CT molecular complexity index is 1440. The molecule has 0 saturated carbocycles. The maximum Gasteiger partial charge on any atom is 0.239 e. The minimum Gasteiger partial charge on any atom is -0.383 e. The second-order valence-corrected chi connectivity index (χ2v) is 11.9. The fraction of sp³-hybridized carbons (Fsp3) is 0.304. The summed E-state index contributed by atoms with van der Waals surface area (Å²) in [6.45, 7) is 5.17. The molecule has 2 amide bonds. The van der Waals surface area contributed by atoms with Crippen LogP contribution in [-0.4, -0.2) is 65.6 Å². The summed E-state index contributed by atoms with van der Waals surface area (Å²) in [6, 6.07) is 7.16. The van der Waals surface area contributed by atoms with Gasteiger partial charge in [-0.15, -0.1) is 17.9 Å². The standard InChI is InChI=1S/C23H25ClN6O4S2/c1-3-20(19-8-15-4-5-17(24)9-18(15)35-19)36(33,34)30-7-6-29(22(32)13-30)12-21(31)27-11-16-10-26-14(2)28-23(16)25/h3-5,8-10,20H,1,6-7,11-13H2,2H3,(H,27,31)(H2,25,26,28). The zero-order valence-electron chi connectivity index (χ0n) is 19.5. The van der Waals surface area contributed by atoms with Crippen LogP contribution in [0.4, 0.5) is 5.82 Å². The van der Waals surface area contributed by atoms with Crippen LogP contribution >= 0.6 is 22.9 Å². The van der Waals surface area contributed by atoms with Crippen LogP contribution in [-0.2, 0) is 26.2 Å². The Morgan fingerprint density at radius 3 is 2.83 bits per heavy atom. The molecule has 4 rings (SSSR count). The molecule has 10 nitrogen and oxygen atoms in total. The van der Waals surface area contributed by atoms with E-state index in [1.54, 1.807) is 25.1 Å². The van der Waals surface area contributed by atoms with Crippen LogP contribution in [0.2, 0.25) is 5.02 Å². The summed E-state index contributed by atoms with van der Waals surface area (Å²) in [5.41, 5.74) is 6.40. The summed E-state index contributed by atoms with van der Waals surface area (Å²) >= 11 is 7.38. The van der Waals surface area contributed by atoms with E-state index in [4.69, 9.17) is 17.3 Å². The number of nitrogens with two attached hydrogens (primary N) is 1. The number of hydrogen-bond donors (Lipinski definition) is 2. The Morgan fingerprint density at radius 2 is 2.14 bits per heavy atom. The predicted molar refractivity (Wildman–Crippen MR) is 140 cm³/mol. The van der Waals surface area contributed by atoms with Gasteiger partial charge in [0.15, 0.2) is 0 Å². The van der Waals surface area contributed by atoms with Gasteiger partial charge in [-0.25, -0.2) is 18.4 Å². The highest BCUT2D eigenvalue weighted by atomic mass is 35.5. The third-order valence-corrected chi connectivity index (χ3v) is 9.47. The molecule has 0 radical (unpaired) electrons. The van der Waals surface area contributed by atoms with Crippen LogP contribution in [0.25, 0.3) is 10.1 Å². The molecule has 2 aromatic heterocycles. The number of aromatic nitrogens is 2. The minimum absolute atomic E-state index is 0.0706. The monoisotopic (exact) mass is 548 g/mol. The number of carbonyl (C=O) groups is 2. The molecule has 13 heteroatoms. The highest BCUT2D eigenvalue weighted by molar-refractivity contribution is 7.89. The van der Waals surface area contributed by atoms with Crippen LogP contribution in [0.15, 0.2) is 43.1 Å². The molecule has 0 bridgehead atoms. The summed E-state index contributed by atoms with van der Waals surface area (Å²) in [6.07, 6.45) is 2.90. The van der Waals surface area contributed by atoms with Crippen LogP contribution in [0.3, 0.4) is 0 Å². The third-order valence-electron chi connectivity index (χ3n) is 5.79. The number of carbonyl (C=O) groups excluding carboxylic acids is 2. The van der Waals surface area contributed by atoms with Gasteiger partial charge < -0.3 is 16.0 Å². The van der Waals surface area contributed by atoms with Crippen molar-refractivity contribution in [3.05, 3.63) is 64.4 Å². The van der Waals surface area contributed by atoms with Crippen LogP contribution < -0.4 is 11.1 Å². The topological polar surface area (TPSA) is 139 Å². The molecule has 3 N–H and O–H groups in total. The van der Waals surface area contributed by atoms with Crippen LogP contribution in [0.5, 0.6) is 0 Å². The quantitative estimate of drug-likeness (QED) is 0.412. The number of anilines is 1. The SMILES string of the molecule is C=CC(c1cc2ccc(Cl)cc2s1)S(=O)(=O)N1CCN(CC(=O)NCc2cnc(C)nc2N)C(=O)C1.